The number of carbonyl (C=O) groups excluding carboxylic acids is 1. The van der Waals surface area contributed by atoms with Crippen LogP contribution < -0.4 is 4.74 Å². The number of hydrogen-bond acceptors (Lipinski definition) is 5. The number of amides is 1. The highest BCUT2D eigenvalue weighted by Crippen LogP contribution is 2.32. The van der Waals surface area contributed by atoms with Crippen LogP contribution in [0.3, 0.4) is 0 Å². The zero-order chi connectivity index (χ0) is 13.9. The van der Waals surface area contributed by atoms with Gasteiger partial charge >= 0.3 is 0 Å². The van der Waals surface area contributed by atoms with Gasteiger partial charge < -0.3 is 9.64 Å². The molecule has 1 aliphatic heterocycles. The summed E-state index contributed by atoms with van der Waals surface area (Å²) in [4.78, 5) is 21.9. The molecule has 0 spiro atoms. The van der Waals surface area contributed by atoms with Gasteiger partial charge in [0.25, 0.3) is 5.88 Å². The van der Waals surface area contributed by atoms with Crippen molar-refractivity contribution in [1.29, 1.82) is 5.26 Å². The van der Waals surface area contributed by atoms with Crippen LogP contribution in [0, 0.1) is 17.2 Å². The number of carbonyl (C=O) groups is 1. The molecule has 1 unspecified atom stereocenters. The van der Waals surface area contributed by atoms with Crippen molar-refractivity contribution < 1.29 is 9.53 Å². The Kier molecular flexibility index (Phi) is 3.50. The van der Waals surface area contributed by atoms with Crippen molar-refractivity contribution in [2.24, 2.45) is 5.92 Å². The van der Waals surface area contributed by atoms with E-state index in [1.165, 1.54) is 12.4 Å². The van der Waals surface area contributed by atoms with Crippen LogP contribution >= 0.6 is 0 Å². The number of nitrogens with zero attached hydrogens (tertiary/aromatic N) is 4. The number of piperidine rings is 1. The second-order valence-corrected chi connectivity index (χ2v) is 5.26. The predicted octanol–water partition coefficient (Wildman–Crippen LogP) is 1.13. The number of likely N-dealkylation sites (tertiary alicyclic amines) is 1. The lowest BCUT2D eigenvalue weighted by Crippen LogP contribution is -2.45. The number of hydrogen-bond donors (Lipinski definition) is 0. The van der Waals surface area contributed by atoms with Gasteiger partial charge in [-0.25, -0.2) is 9.97 Å². The quantitative estimate of drug-likeness (QED) is 0.824. The van der Waals surface area contributed by atoms with Crippen LogP contribution in [-0.4, -0.2) is 40.0 Å². The third kappa shape index (κ3) is 2.72. The molecule has 6 heteroatoms. The Morgan fingerprint density at radius 2 is 2.15 bits per heavy atom. The summed E-state index contributed by atoms with van der Waals surface area (Å²) in [7, 11) is 0. The van der Waals surface area contributed by atoms with Crippen LogP contribution in [0.15, 0.2) is 12.4 Å². The summed E-state index contributed by atoms with van der Waals surface area (Å²) < 4.78 is 5.77. The van der Waals surface area contributed by atoms with Gasteiger partial charge in [0.05, 0.1) is 6.54 Å². The first-order chi connectivity index (χ1) is 9.78. The molecule has 0 aromatic carbocycles. The normalized spacial score (nSPS) is 22.1. The van der Waals surface area contributed by atoms with Crippen molar-refractivity contribution >= 4 is 5.91 Å². The van der Waals surface area contributed by atoms with Gasteiger partial charge in [0.1, 0.15) is 12.2 Å². The van der Waals surface area contributed by atoms with E-state index in [1.807, 2.05) is 11.0 Å². The van der Waals surface area contributed by atoms with Gasteiger partial charge in [-0.1, -0.05) is 0 Å². The maximum Gasteiger partial charge on any atom is 0.251 e. The number of nitriles is 1. The van der Waals surface area contributed by atoms with Crippen molar-refractivity contribution in [2.45, 2.75) is 31.8 Å². The molecule has 6 nitrogen and oxygen atoms in total. The van der Waals surface area contributed by atoms with E-state index in [1.54, 1.807) is 0 Å². The summed E-state index contributed by atoms with van der Waals surface area (Å²) >= 11 is 0. The monoisotopic (exact) mass is 272 g/mol. The van der Waals surface area contributed by atoms with Crippen molar-refractivity contribution in [1.82, 2.24) is 14.9 Å². The van der Waals surface area contributed by atoms with Crippen molar-refractivity contribution in [3.63, 3.8) is 0 Å². The minimum atomic E-state index is -0.102. The predicted molar refractivity (Wildman–Crippen MR) is 69.7 cm³/mol. The van der Waals surface area contributed by atoms with Crippen molar-refractivity contribution in [3.8, 4) is 11.9 Å². The summed E-state index contributed by atoms with van der Waals surface area (Å²) in [6, 6.07) is 1.97. The lowest BCUT2D eigenvalue weighted by molar-refractivity contribution is -0.135. The Balaban J connectivity index is 1.65. The van der Waals surface area contributed by atoms with Crippen molar-refractivity contribution in [3.05, 3.63) is 18.1 Å². The van der Waals surface area contributed by atoms with Gasteiger partial charge in [-0.2, -0.15) is 5.26 Å². The molecule has 1 aromatic heterocycles. The molecule has 3 rings (SSSR count). The van der Waals surface area contributed by atoms with Gasteiger partial charge in [-0.15, -0.1) is 0 Å². The molecule has 0 N–H and O–H groups in total. The van der Waals surface area contributed by atoms with E-state index in [9.17, 15) is 4.79 Å². The molecule has 2 heterocycles. The SMILES string of the molecule is N#Cc1nccnc1OC1CCCN(C(=O)C2CC2)C1. The van der Waals surface area contributed by atoms with Crippen molar-refractivity contribution in [2.75, 3.05) is 13.1 Å². The van der Waals surface area contributed by atoms with Crippen LogP contribution in [0.5, 0.6) is 5.88 Å². The smallest absolute Gasteiger partial charge is 0.251 e. The Bertz CT molecular complexity index is 550. The third-order valence-corrected chi connectivity index (χ3v) is 3.67. The van der Waals surface area contributed by atoms with E-state index in [2.05, 4.69) is 9.97 Å². The summed E-state index contributed by atoms with van der Waals surface area (Å²) in [5.41, 5.74) is 0.193. The lowest BCUT2D eigenvalue weighted by Gasteiger charge is -2.32. The van der Waals surface area contributed by atoms with Crippen LogP contribution in [0.2, 0.25) is 0 Å². The third-order valence-electron chi connectivity index (χ3n) is 3.67. The molecule has 104 valence electrons. The molecule has 2 fully saturated rings. The van der Waals surface area contributed by atoms with E-state index in [0.29, 0.717) is 6.54 Å². The Morgan fingerprint density at radius 3 is 2.90 bits per heavy atom. The summed E-state index contributed by atoms with van der Waals surface area (Å²) in [6.45, 7) is 1.39. The molecule has 0 bridgehead atoms. The number of aromatic nitrogens is 2. The van der Waals surface area contributed by atoms with Gasteiger partial charge in [0.15, 0.2) is 0 Å². The molecule has 1 aliphatic carbocycles. The average molecular weight is 272 g/mol. The van der Waals surface area contributed by atoms with Gasteiger partial charge in [0.2, 0.25) is 11.6 Å². The second kappa shape index (κ2) is 5.45. The number of ether oxygens (including phenoxy) is 1. The molecular formula is C14H16N4O2. The fraction of sp³-hybridized carbons (Fsp3) is 0.571. The Morgan fingerprint density at radius 1 is 1.35 bits per heavy atom. The maximum absolute atomic E-state index is 12.1. The van der Waals surface area contributed by atoms with E-state index in [-0.39, 0.29) is 29.5 Å². The zero-order valence-electron chi connectivity index (χ0n) is 11.2. The van der Waals surface area contributed by atoms with Gasteiger partial charge in [-0.05, 0) is 25.7 Å². The first kappa shape index (κ1) is 12.9. The standard InChI is InChI=1S/C14H16N4O2/c15-8-12-13(17-6-5-16-12)20-11-2-1-7-18(9-11)14(19)10-3-4-10/h5-6,10-11H,1-4,7,9H2. The minimum absolute atomic E-state index is 0.102. The van der Waals surface area contributed by atoms with E-state index < -0.39 is 0 Å². The van der Waals surface area contributed by atoms with E-state index in [4.69, 9.17) is 10.00 Å². The molecular weight excluding hydrogens is 256 g/mol. The fourth-order valence-corrected chi connectivity index (χ4v) is 2.47. The minimum Gasteiger partial charge on any atom is -0.470 e. The van der Waals surface area contributed by atoms with Crippen LogP contribution in [-0.2, 0) is 4.79 Å². The van der Waals surface area contributed by atoms with Gasteiger partial charge in [-0.3, -0.25) is 4.79 Å². The molecule has 0 radical (unpaired) electrons. The lowest BCUT2D eigenvalue weighted by atomic mass is 10.1. The summed E-state index contributed by atoms with van der Waals surface area (Å²) in [6.07, 6.45) is 6.70. The highest BCUT2D eigenvalue weighted by Gasteiger charge is 2.35. The molecule has 1 atom stereocenters. The highest BCUT2D eigenvalue weighted by atomic mass is 16.5. The topological polar surface area (TPSA) is 79.1 Å². The summed E-state index contributed by atoms with van der Waals surface area (Å²) in [5, 5.41) is 8.97. The first-order valence-electron chi connectivity index (χ1n) is 6.94. The van der Waals surface area contributed by atoms with E-state index in [0.717, 1.165) is 32.2 Å². The maximum atomic E-state index is 12.1. The Labute approximate surface area is 117 Å². The Hall–Kier alpha value is -2.16. The molecule has 20 heavy (non-hydrogen) atoms. The molecule has 1 saturated carbocycles. The fourth-order valence-electron chi connectivity index (χ4n) is 2.47. The highest BCUT2D eigenvalue weighted by molar-refractivity contribution is 5.81. The van der Waals surface area contributed by atoms with Crippen LogP contribution in [0.1, 0.15) is 31.4 Å². The zero-order valence-corrected chi connectivity index (χ0v) is 11.2. The molecule has 1 amide bonds. The van der Waals surface area contributed by atoms with Gasteiger partial charge in [0, 0.05) is 24.9 Å². The first-order valence-corrected chi connectivity index (χ1v) is 6.94. The molecule has 1 aromatic rings. The second-order valence-electron chi connectivity index (χ2n) is 5.26. The van der Waals surface area contributed by atoms with Crippen LogP contribution in [0.4, 0.5) is 0 Å². The number of rotatable bonds is 3. The van der Waals surface area contributed by atoms with E-state index >= 15 is 0 Å². The average Bonchev–Trinajstić information content (AvgIpc) is 3.32. The largest absolute Gasteiger partial charge is 0.470 e. The van der Waals surface area contributed by atoms with Crippen LogP contribution in [0.25, 0.3) is 0 Å². The molecule has 1 saturated heterocycles. The summed E-state index contributed by atoms with van der Waals surface area (Å²) in [5.74, 6) is 0.749. The molecule has 2 aliphatic rings.